The molecule has 7 nitrogen and oxygen atoms in total. The molecule has 1 saturated heterocycles. The van der Waals surface area contributed by atoms with Gasteiger partial charge in [0.25, 0.3) is 5.56 Å². The Balaban J connectivity index is 1.54. The van der Waals surface area contributed by atoms with Crippen LogP contribution in [0.1, 0.15) is 58.8 Å². The molecule has 1 amide bonds. The quantitative estimate of drug-likeness (QED) is 0.513. The summed E-state index contributed by atoms with van der Waals surface area (Å²) in [5, 5.41) is 4.60. The second-order valence-corrected chi connectivity index (χ2v) is 10.4. The zero-order valence-corrected chi connectivity index (χ0v) is 19.5. The number of nitrogens with zero attached hydrogens (tertiary/aromatic N) is 4. The first-order valence-corrected chi connectivity index (χ1v) is 12.9. The fraction of sp³-hybridized carbons (Fsp3) is 0.714. The predicted octanol–water partition coefficient (Wildman–Crippen LogP) is 3.65. The minimum atomic E-state index is -0.0327. The first kappa shape index (κ1) is 21.6. The molecule has 1 saturated carbocycles. The molecule has 0 radical (unpaired) electrons. The summed E-state index contributed by atoms with van der Waals surface area (Å²) in [6.45, 7) is 6.89. The average Bonchev–Trinajstić information content (AvgIpc) is 3.39. The lowest BCUT2D eigenvalue weighted by Gasteiger charge is -2.29. The SMILES string of the molecule is CCCn1c(SCC(=O)NC2CCCC2)nc2nc(N3CCC(C)CC3)sc2c1=O. The molecule has 1 N–H and O–H groups in total. The third-order valence-electron chi connectivity index (χ3n) is 6.02. The summed E-state index contributed by atoms with van der Waals surface area (Å²) in [5.41, 5.74) is 0.486. The van der Waals surface area contributed by atoms with Gasteiger partial charge in [0.05, 0.1) is 5.75 Å². The van der Waals surface area contributed by atoms with Gasteiger partial charge in [-0.15, -0.1) is 0 Å². The number of piperidine rings is 1. The zero-order chi connectivity index (χ0) is 21.1. The van der Waals surface area contributed by atoms with Gasteiger partial charge in [-0.25, -0.2) is 4.98 Å². The number of rotatable bonds is 7. The van der Waals surface area contributed by atoms with Crippen LogP contribution in [-0.2, 0) is 11.3 Å². The number of aromatic nitrogens is 3. The van der Waals surface area contributed by atoms with Gasteiger partial charge in [-0.05, 0) is 38.0 Å². The molecule has 0 unspecified atom stereocenters. The van der Waals surface area contributed by atoms with E-state index in [1.54, 1.807) is 4.57 Å². The van der Waals surface area contributed by atoms with Crippen LogP contribution in [0, 0.1) is 5.92 Å². The van der Waals surface area contributed by atoms with Crippen LogP contribution in [0.2, 0.25) is 0 Å². The Hall–Kier alpha value is -1.61. The van der Waals surface area contributed by atoms with Crippen LogP contribution >= 0.6 is 23.1 Å². The number of thioether (sulfide) groups is 1. The highest BCUT2D eigenvalue weighted by Gasteiger charge is 2.23. The highest BCUT2D eigenvalue weighted by atomic mass is 32.2. The summed E-state index contributed by atoms with van der Waals surface area (Å²) < 4.78 is 2.34. The first-order valence-electron chi connectivity index (χ1n) is 11.1. The molecular formula is C21H31N5O2S2. The van der Waals surface area contributed by atoms with Crippen molar-refractivity contribution in [3.8, 4) is 0 Å². The van der Waals surface area contributed by atoms with E-state index in [9.17, 15) is 9.59 Å². The molecule has 3 heterocycles. The van der Waals surface area contributed by atoms with Gasteiger partial charge in [0.15, 0.2) is 15.9 Å². The molecule has 4 rings (SSSR count). The summed E-state index contributed by atoms with van der Waals surface area (Å²) >= 11 is 2.80. The smallest absolute Gasteiger partial charge is 0.273 e. The molecular weight excluding hydrogens is 418 g/mol. The van der Waals surface area contributed by atoms with Crippen molar-refractivity contribution in [2.75, 3.05) is 23.7 Å². The van der Waals surface area contributed by atoms with Crippen LogP contribution < -0.4 is 15.8 Å². The summed E-state index contributed by atoms with van der Waals surface area (Å²) in [7, 11) is 0. The van der Waals surface area contributed by atoms with E-state index in [0.29, 0.717) is 28.1 Å². The van der Waals surface area contributed by atoms with E-state index in [4.69, 9.17) is 9.97 Å². The van der Waals surface area contributed by atoms with Crippen LogP contribution in [0.5, 0.6) is 0 Å². The zero-order valence-electron chi connectivity index (χ0n) is 17.9. The maximum atomic E-state index is 13.2. The first-order chi connectivity index (χ1) is 14.5. The average molecular weight is 450 g/mol. The minimum absolute atomic E-state index is 0.0192. The molecule has 1 aliphatic heterocycles. The lowest BCUT2D eigenvalue weighted by Crippen LogP contribution is -2.34. The third-order valence-corrected chi connectivity index (χ3v) is 8.09. The van der Waals surface area contributed by atoms with Crippen LogP contribution in [0.25, 0.3) is 10.3 Å². The highest BCUT2D eigenvalue weighted by Crippen LogP contribution is 2.30. The van der Waals surface area contributed by atoms with E-state index in [1.165, 1.54) is 35.9 Å². The molecule has 0 aromatic carbocycles. The topological polar surface area (TPSA) is 80.1 Å². The van der Waals surface area contributed by atoms with Gasteiger partial charge in [-0.2, -0.15) is 4.98 Å². The molecule has 30 heavy (non-hydrogen) atoms. The number of hydrogen-bond donors (Lipinski definition) is 1. The summed E-state index contributed by atoms with van der Waals surface area (Å²) in [6, 6.07) is 0.305. The second-order valence-electron chi connectivity index (χ2n) is 8.51. The normalized spacial score (nSPS) is 18.4. The van der Waals surface area contributed by atoms with Crippen molar-refractivity contribution in [3.05, 3.63) is 10.4 Å². The number of anilines is 1. The molecule has 1 aliphatic carbocycles. The van der Waals surface area contributed by atoms with Crippen LogP contribution in [0.4, 0.5) is 5.13 Å². The van der Waals surface area contributed by atoms with Crippen LogP contribution in [0.3, 0.4) is 0 Å². The van der Waals surface area contributed by atoms with Gasteiger partial charge in [0, 0.05) is 25.7 Å². The number of thiazole rings is 1. The van der Waals surface area contributed by atoms with E-state index in [0.717, 1.165) is 56.2 Å². The van der Waals surface area contributed by atoms with Gasteiger partial charge in [-0.3, -0.25) is 14.2 Å². The van der Waals surface area contributed by atoms with E-state index < -0.39 is 0 Å². The Morgan fingerprint density at radius 3 is 2.63 bits per heavy atom. The fourth-order valence-corrected chi connectivity index (χ4v) is 6.04. The Kier molecular flexibility index (Phi) is 6.98. The van der Waals surface area contributed by atoms with Crippen molar-refractivity contribution < 1.29 is 4.79 Å². The molecule has 164 valence electrons. The molecule has 2 aromatic heterocycles. The summed E-state index contributed by atoms with van der Waals surface area (Å²) in [5.74, 6) is 1.04. The number of carbonyl (C=O) groups excluding carboxylic acids is 1. The summed E-state index contributed by atoms with van der Waals surface area (Å²) in [4.78, 5) is 37.2. The number of carbonyl (C=O) groups is 1. The third kappa shape index (κ3) is 4.82. The molecule has 0 bridgehead atoms. The molecule has 2 aromatic rings. The number of hydrogen-bond acceptors (Lipinski definition) is 7. The van der Waals surface area contributed by atoms with E-state index in [1.807, 2.05) is 6.92 Å². The largest absolute Gasteiger partial charge is 0.353 e. The standard InChI is InChI=1S/C21H31N5O2S2/c1-3-10-26-19(28)17-18(23-20(30-17)25-11-8-14(2)9-12-25)24-21(26)29-13-16(27)22-15-6-4-5-7-15/h14-15H,3-13H2,1-2H3,(H,22,27). The Labute approximate surface area is 185 Å². The van der Waals surface area contributed by atoms with Gasteiger partial charge in [0.1, 0.15) is 4.70 Å². The van der Waals surface area contributed by atoms with Crippen molar-refractivity contribution in [1.29, 1.82) is 0 Å². The van der Waals surface area contributed by atoms with E-state index in [2.05, 4.69) is 17.1 Å². The number of fused-ring (bicyclic) bond motifs is 1. The molecule has 0 atom stereocenters. The highest BCUT2D eigenvalue weighted by molar-refractivity contribution is 7.99. The molecule has 2 fully saturated rings. The fourth-order valence-electron chi connectivity index (χ4n) is 4.21. The van der Waals surface area contributed by atoms with Gasteiger partial charge < -0.3 is 10.2 Å². The van der Waals surface area contributed by atoms with Crippen molar-refractivity contribution in [2.45, 2.75) is 76.5 Å². The maximum absolute atomic E-state index is 13.2. The Morgan fingerprint density at radius 2 is 1.93 bits per heavy atom. The number of amides is 1. The van der Waals surface area contributed by atoms with E-state index in [-0.39, 0.29) is 17.2 Å². The maximum Gasteiger partial charge on any atom is 0.273 e. The minimum Gasteiger partial charge on any atom is -0.353 e. The Morgan fingerprint density at radius 1 is 1.20 bits per heavy atom. The van der Waals surface area contributed by atoms with Gasteiger partial charge in [0.2, 0.25) is 5.91 Å². The van der Waals surface area contributed by atoms with E-state index >= 15 is 0 Å². The predicted molar refractivity (Wildman–Crippen MR) is 124 cm³/mol. The molecule has 9 heteroatoms. The van der Waals surface area contributed by atoms with Crippen molar-refractivity contribution in [1.82, 2.24) is 19.9 Å². The van der Waals surface area contributed by atoms with Crippen LogP contribution in [-0.4, -0.2) is 45.3 Å². The van der Waals surface area contributed by atoms with Crippen LogP contribution in [0.15, 0.2) is 9.95 Å². The van der Waals surface area contributed by atoms with Crippen molar-refractivity contribution in [3.63, 3.8) is 0 Å². The molecule has 2 aliphatic rings. The lowest BCUT2D eigenvalue weighted by atomic mass is 10.00. The lowest BCUT2D eigenvalue weighted by molar-refractivity contribution is -0.119. The number of nitrogens with one attached hydrogen (secondary N) is 1. The van der Waals surface area contributed by atoms with Gasteiger partial charge >= 0.3 is 0 Å². The molecule has 0 spiro atoms. The second kappa shape index (κ2) is 9.68. The Bertz CT molecular complexity index is 943. The monoisotopic (exact) mass is 449 g/mol. The van der Waals surface area contributed by atoms with Crippen molar-refractivity contribution in [2.24, 2.45) is 5.92 Å². The van der Waals surface area contributed by atoms with Gasteiger partial charge in [-0.1, -0.05) is 49.8 Å². The van der Waals surface area contributed by atoms with Crippen molar-refractivity contribution >= 4 is 44.5 Å². The summed E-state index contributed by atoms with van der Waals surface area (Å²) in [6.07, 6.45) is 7.66.